The zero-order chi connectivity index (χ0) is 8.48. The second-order valence-corrected chi connectivity index (χ2v) is 4.09. The van der Waals surface area contributed by atoms with Crippen LogP contribution in [0.5, 0.6) is 0 Å². The summed E-state index contributed by atoms with van der Waals surface area (Å²) in [5.74, 6) is 0. The van der Waals surface area contributed by atoms with Gasteiger partial charge in [0.1, 0.15) is 10.1 Å². The summed E-state index contributed by atoms with van der Waals surface area (Å²) in [5, 5.41) is 0. The van der Waals surface area contributed by atoms with Crippen LogP contribution in [0.2, 0.25) is 0 Å². The Morgan fingerprint density at radius 2 is 1.75 bits per heavy atom. The Morgan fingerprint density at radius 3 is 2.08 bits per heavy atom. The number of rotatable bonds is 1. The predicted octanol–water partition coefficient (Wildman–Crippen LogP) is 1.35. The number of hydrogen-bond donors (Lipinski definition) is 0. The first-order valence-corrected chi connectivity index (χ1v) is 4.92. The van der Waals surface area contributed by atoms with Gasteiger partial charge in [0, 0.05) is 4.47 Å². The molecule has 1 aromatic carbocycles. The molecule has 0 aliphatic carbocycles. The van der Waals surface area contributed by atoms with Crippen LogP contribution < -0.4 is 0 Å². The van der Waals surface area contributed by atoms with E-state index < -0.39 is 10.1 Å². The Morgan fingerprint density at radius 1 is 1.25 bits per heavy atom. The second kappa shape index (κ2) is 4.55. The van der Waals surface area contributed by atoms with E-state index in [-0.39, 0.29) is 27.3 Å². The van der Waals surface area contributed by atoms with Gasteiger partial charge in [0.05, 0.1) is 4.90 Å². The Kier molecular flexibility index (Phi) is 4.68. The molecule has 0 saturated carbocycles. The molecule has 0 aliphatic heterocycles. The van der Waals surface area contributed by atoms with E-state index in [0.29, 0.717) is 4.47 Å². The number of benzene rings is 1. The average molecular weight is 344 g/mol. The van der Waals surface area contributed by atoms with Crippen LogP contribution in [0.1, 0.15) is 0 Å². The first-order chi connectivity index (χ1) is 5.02. The zero-order valence-electron chi connectivity index (χ0n) is 5.62. The smallest absolute Gasteiger partial charge is 0.744 e. The van der Waals surface area contributed by atoms with Gasteiger partial charge in [0.2, 0.25) is 0 Å². The van der Waals surface area contributed by atoms with Crippen LogP contribution in [0.25, 0.3) is 0 Å². The standard InChI is InChI=1S/C6H5BrO3S.Ag/c7-5-3-1-2-4-6(5)11(8,9)10;/h1-4H,(H,8,9,10);/q;+1/p-1. The van der Waals surface area contributed by atoms with Crippen molar-refractivity contribution in [2.45, 2.75) is 4.90 Å². The fraction of sp³-hybridized carbons (Fsp3) is 0. The third-order valence-electron chi connectivity index (χ3n) is 1.11. The van der Waals surface area contributed by atoms with Crippen molar-refractivity contribution in [3.05, 3.63) is 28.7 Å². The maximum Gasteiger partial charge on any atom is 1.00 e. The summed E-state index contributed by atoms with van der Waals surface area (Å²) in [4.78, 5) is -0.222. The Hall–Kier alpha value is 0.350. The molecule has 0 heterocycles. The monoisotopic (exact) mass is 342 g/mol. The molecule has 0 atom stereocenters. The molecule has 0 saturated heterocycles. The zero-order valence-corrected chi connectivity index (χ0v) is 9.51. The normalized spacial score (nSPS) is 10.5. The van der Waals surface area contributed by atoms with E-state index in [4.69, 9.17) is 0 Å². The van der Waals surface area contributed by atoms with Crippen LogP contribution in [0, 0.1) is 0 Å². The van der Waals surface area contributed by atoms with Crippen LogP contribution in [-0.4, -0.2) is 13.0 Å². The quantitative estimate of drug-likeness (QED) is 0.571. The second-order valence-electron chi connectivity index (χ2n) is 1.88. The van der Waals surface area contributed by atoms with E-state index in [1.807, 2.05) is 0 Å². The van der Waals surface area contributed by atoms with Gasteiger partial charge in [0.15, 0.2) is 0 Å². The summed E-state index contributed by atoms with van der Waals surface area (Å²) >= 11 is 2.95. The molecule has 12 heavy (non-hydrogen) atoms. The summed E-state index contributed by atoms with van der Waals surface area (Å²) in [7, 11) is -4.33. The van der Waals surface area contributed by atoms with Gasteiger partial charge in [-0.05, 0) is 28.1 Å². The topological polar surface area (TPSA) is 57.2 Å². The molecule has 0 aromatic heterocycles. The fourth-order valence-electron chi connectivity index (χ4n) is 0.647. The molecule has 70 valence electrons. The molecule has 0 aliphatic rings. The average Bonchev–Trinajstić information content (AvgIpc) is 1.86. The number of halogens is 1. The molecule has 0 bridgehead atoms. The fourth-order valence-corrected chi connectivity index (χ4v) is 2.08. The summed E-state index contributed by atoms with van der Waals surface area (Å²) in [6.45, 7) is 0. The Balaban J connectivity index is 0.00000121. The molecule has 0 fully saturated rings. The minimum Gasteiger partial charge on any atom is -0.744 e. The van der Waals surface area contributed by atoms with Crippen molar-refractivity contribution in [3.63, 3.8) is 0 Å². The summed E-state index contributed by atoms with van der Waals surface area (Å²) in [6.07, 6.45) is 0. The van der Waals surface area contributed by atoms with Gasteiger partial charge in [-0.2, -0.15) is 0 Å². The van der Waals surface area contributed by atoms with Crippen molar-refractivity contribution in [2.75, 3.05) is 0 Å². The van der Waals surface area contributed by atoms with Crippen LogP contribution in [0.3, 0.4) is 0 Å². The molecule has 6 heteroatoms. The van der Waals surface area contributed by atoms with Gasteiger partial charge >= 0.3 is 22.4 Å². The molecule has 0 spiro atoms. The van der Waals surface area contributed by atoms with E-state index >= 15 is 0 Å². The molecule has 3 nitrogen and oxygen atoms in total. The van der Waals surface area contributed by atoms with Crippen LogP contribution in [0.15, 0.2) is 33.6 Å². The van der Waals surface area contributed by atoms with Crippen molar-refractivity contribution in [1.82, 2.24) is 0 Å². The van der Waals surface area contributed by atoms with Gasteiger partial charge in [-0.3, -0.25) is 0 Å². The largest absolute Gasteiger partial charge is 1.00 e. The minimum atomic E-state index is -4.33. The van der Waals surface area contributed by atoms with Crippen LogP contribution in [0.4, 0.5) is 0 Å². The van der Waals surface area contributed by atoms with E-state index in [1.165, 1.54) is 18.2 Å². The van der Waals surface area contributed by atoms with Crippen molar-refractivity contribution >= 4 is 26.0 Å². The summed E-state index contributed by atoms with van der Waals surface area (Å²) in [5.41, 5.74) is 0. The third kappa shape index (κ3) is 3.01. The molecule has 1 rings (SSSR count). The SMILES string of the molecule is O=S(=O)([O-])c1ccccc1Br.[Ag+]. The van der Waals surface area contributed by atoms with Gasteiger partial charge < -0.3 is 4.55 Å². The minimum absolute atomic E-state index is 0. The Bertz CT molecular complexity index is 363. The molecule has 0 N–H and O–H groups in total. The van der Waals surface area contributed by atoms with Crippen molar-refractivity contribution in [2.24, 2.45) is 0 Å². The van der Waals surface area contributed by atoms with Gasteiger partial charge in [0.25, 0.3) is 0 Å². The maximum atomic E-state index is 10.5. The molecule has 0 amide bonds. The van der Waals surface area contributed by atoms with Crippen LogP contribution in [-0.2, 0) is 32.5 Å². The van der Waals surface area contributed by atoms with Gasteiger partial charge in [-0.1, -0.05) is 12.1 Å². The third-order valence-corrected chi connectivity index (χ3v) is 2.95. The summed E-state index contributed by atoms with van der Waals surface area (Å²) in [6, 6.07) is 5.89. The maximum absolute atomic E-state index is 10.5. The van der Waals surface area contributed by atoms with E-state index in [2.05, 4.69) is 15.9 Å². The molecule has 1 aromatic rings. The molecular weight excluding hydrogens is 340 g/mol. The van der Waals surface area contributed by atoms with Crippen molar-refractivity contribution in [1.29, 1.82) is 0 Å². The van der Waals surface area contributed by atoms with E-state index in [1.54, 1.807) is 6.07 Å². The Labute approximate surface area is 94.6 Å². The van der Waals surface area contributed by atoms with Crippen molar-refractivity contribution < 1.29 is 35.4 Å². The molecule has 0 radical (unpaired) electrons. The van der Waals surface area contributed by atoms with Gasteiger partial charge in [-0.15, -0.1) is 0 Å². The first kappa shape index (κ1) is 12.4. The van der Waals surface area contributed by atoms with E-state index in [0.717, 1.165) is 0 Å². The first-order valence-electron chi connectivity index (χ1n) is 2.72. The number of hydrogen-bond acceptors (Lipinski definition) is 3. The van der Waals surface area contributed by atoms with Gasteiger partial charge in [-0.25, -0.2) is 8.42 Å². The van der Waals surface area contributed by atoms with Crippen molar-refractivity contribution in [3.8, 4) is 0 Å². The molecular formula is C6H4AgBrO3S. The predicted molar refractivity (Wildman–Crippen MR) is 42.1 cm³/mol. The molecule has 0 unspecified atom stereocenters. The van der Waals surface area contributed by atoms with Crippen LogP contribution >= 0.6 is 15.9 Å². The van der Waals surface area contributed by atoms with E-state index in [9.17, 15) is 13.0 Å². The summed E-state index contributed by atoms with van der Waals surface area (Å²) < 4.78 is 31.7.